The second kappa shape index (κ2) is 67.9. The van der Waals surface area contributed by atoms with Crippen LogP contribution in [0.1, 0.15) is 425 Å². The van der Waals surface area contributed by atoms with Crippen LogP contribution < -0.4 is 0 Å². The molecule has 0 radical (unpaired) electrons. The third-order valence-corrected chi connectivity index (χ3v) is 16.9. The molecule has 0 N–H and O–H groups in total. The van der Waals surface area contributed by atoms with Gasteiger partial charge in [-0.05, 0) is 19.3 Å². The maximum Gasteiger partial charge on any atom is 0.306 e. The van der Waals surface area contributed by atoms with E-state index in [-0.39, 0.29) is 31.1 Å². The summed E-state index contributed by atoms with van der Waals surface area (Å²) in [5.74, 6) is -0.823. The Morgan fingerprint density at radius 3 is 0.513 bits per heavy atom. The van der Waals surface area contributed by atoms with Gasteiger partial charge in [-0.2, -0.15) is 0 Å². The lowest BCUT2D eigenvalue weighted by Crippen LogP contribution is -2.30. The zero-order valence-electron chi connectivity index (χ0n) is 53.5. The molecule has 0 aromatic carbocycles. The Bertz CT molecular complexity index is 1170. The van der Waals surface area contributed by atoms with E-state index in [0.717, 1.165) is 57.8 Å². The molecule has 0 saturated heterocycles. The Kier molecular flexibility index (Phi) is 66.5. The largest absolute Gasteiger partial charge is 0.462 e. The van der Waals surface area contributed by atoms with Crippen molar-refractivity contribution in [1.29, 1.82) is 0 Å². The molecule has 0 aliphatic heterocycles. The van der Waals surface area contributed by atoms with Gasteiger partial charge in [0, 0.05) is 19.3 Å². The van der Waals surface area contributed by atoms with Crippen molar-refractivity contribution in [3.8, 4) is 0 Å². The van der Waals surface area contributed by atoms with E-state index in [1.54, 1.807) is 0 Å². The number of carbonyl (C=O) groups excluding carboxylic acids is 3. The lowest BCUT2D eigenvalue weighted by molar-refractivity contribution is -0.167. The van der Waals surface area contributed by atoms with E-state index in [1.165, 1.54) is 327 Å². The first-order valence-corrected chi connectivity index (χ1v) is 36.0. The van der Waals surface area contributed by atoms with Gasteiger partial charge in [-0.3, -0.25) is 14.4 Å². The summed E-state index contributed by atoms with van der Waals surface area (Å²) in [6, 6.07) is 0. The lowest BCUT2D eigenvalue weighted by Gasteiger charge is -2.18. The van der Waals surface area contributed by atoms with Gasteiger partial charge >= 0.3 is 17.9 Å². The summed E-state index contributed by atoms with van der Waals surface area (Å²) in [5.41, 5.74) is 0. The summed E-state index contributed by atoms with van der Waals surface area (Å²) in [5, 5.41) is 0. The van der Waals surface area contributed by atoms with Crippen LogP contribution in [-0.2, 0) is 28.6 Å². The molecule has 78 heavy (non-hydrogen) atoms. The first kappa shape index (κ1) is 76.4. The number of rotatable bonds is 68. The molecule has 0 aliphatic carbocycles. The number of hydrogen-bond donors (Lipinski definition) is 0. The fourth-order valence-electron chi connectivity index (χ4n) is 11.5. The van der Waals surface area contributed by atoms with Crippen molar-refractivity contribution in [3.05, 3.63) is 0 Å². The lowest BCUT2D eigenvalue weighted by atomic mass is 10.0. The molecule has 0 rings (SSSR count). The van der Waals surface area contributed by atoms with Crippen LogP contribution in [0.2, 0.25) is 0 Å². The Balaban J connectivity index is 4.07. The molecule has 0 spiro atoms. The van der Waals surface area contributed by atoms with Gasteiger partial charge in [-0.25, -0.2) is 0 Å². The van der Waals surface area contributed by atoms with E-state index < -0.39 is 6.10 Å². The molecule has 0 amide bonds. The predicted molar refractivity (Wildman–Crippen MR) is 340 cm³/mol. The highest BCUT2D eigenvalue weighted by Crippen LogP contribution is 2.20. The van der Waals surface area contributed by atoms with Gasteiger partial charge < -0.3 is 14.2 Å². The van der Waals surface area contributed by atoms with Crippen LogP contribution in [0.15, 0.2) is 0 Å². The predicted octanol–water partition coefficient (Wildman–Crippen LogP) is 24.6. The topological polar surface area (TPSA) is 78.9 Å². The summed E-state index contributed by atoms with van der Waals surface area (Å²) in [7, 11) is 0. The average Bonchev–Trinajstić information content (AvgIpc) is 3.44. The first-order valence-electron chi connectivity index (χ1n) is 36.0. The Hall–Kier alpha value is -1.59. The summed E-state index contributed by atoms with van der Waals surface area (Å²) >= 11 is 0. The number of unbranched alkanes of at least 4 members (excludes halogenated alkanes) is 57. The summed E-state index contributed by atoms with van der Waals surface area (Å²) < 4.78 is 17.0. The first-order chi connectivity index (χ1) is 38.5. The van der Waals surface area contributed by atoms with Crippen molar-refractivity contribution in [2.75, 3.05) is 13.2 Å². The third-order valence-electron chi connectivity index (χ3n) is 16.9. The zero-order valence-corrected chi connectivity index (χ0v) is 53.5. The quantitative estimate of drug-likeness (QED) is 0.0343. The number of ether oxygens (including phenoxy) is 3. The monoisotopic (exact) mass is 1100 g/mol. The number of hydrogen-bond acceptors (Lipinski definition) is 6. The third kappa shape index (κ3) is 65.2. The van der Waals surface area contributed by atoms with Crippen LogP contribution in [0.25, 0.3) is 0 Å². The van der Waals surface area contributed by atoms with Crippen LogP contribution >= 0.6 is 0 Å². The van der Waals surface area contributed by atoms with Crippen molar-refractivity contribution in [1.82, 2.24) is 0 Å². The molecule has 1 unspecified atom stereocenters. The summed E-state index contributed by atoms with van der Waals surface area (Å²) in [4.78, 5) is 38.3. The van der Waals surface area contributed by atoms with Crippen molar-refractivity contribution in [2.24, 2.45) is 0 Å². The van der Waals surface area contributed by atoms with Crippen molar-refractivity contribution in [3.63, 3.8) is 0 Å². The van der Waals surface area contributed by atoms with Gasteiger partial charge in [0.2, 0.25) is 0 Å². The summed E-state index contributed by atoms with van der Waals surface area (Å²) in [6.45, 7) is 6.73. The highest BCUT2D eigenvalue weighted by molar-refractivity contribution is 5.71. The molecule has 1 atom stereocenters. The second-order valence-corrected chi connectivity index (χ2v) is 24.9. The van der Waals surface area contributed by atoms with Crippen LogP contribution in [0.3, 0.4) is 0 Å². The standard InChI is InChI=1S/C72H140O6/c1-4-7-10-13-16-19-22-25-27-29-30-31-32-33-34-35-36-37-38-39-40-41-42-44-45-47-50-53-56-59-62-65-71(74)77-68-69(67-76-70(73)64-61-58-55-52-49-24-21-18-15-12-9-6-3)78-72(75)66-63-60-57-54-51-48-46-43-28-26-23-20-17-14-11-8-5-2/h69H,4-68H2,1-3H3. The molecule has 0 heterocycles. The fourth-order valence-corrected chi connectivity index (χ4v) is 11.5. The molecular formula is C72H140O6. The highest BCUT2D eigenvalue weighted by atomic mass is 16.6. The Labute approximate surface area is 488 Å². The Morgan fingerprint density at radius 1 is 0.205 bits per heavy atom. The van der Waals surface area contributed by atoms with Gasteiger partial charge in [0.25, 0.3) is 0 Å². The van der Waals surface area contributed by atoms with E-state index in [1.807, 2.05) is 0 Å². The maximum absolute atomic E-state index is 12.9. The fraction of sp³-hybridized carbons (Fsp3) is 0.958. The van der Waals surface area contributed by atoms with Gasteiger partial charge in [-0.1, -0.05) is 387 Å². The van der Waals surface area contributed by atoms with Gasteiger partial charge in [0.1, 0.15) is 13.2 Å². The normalized spacial score (nSPS) is 11.9. The van der Waals surface area contributed by atoms with E-state index in [0.29, 0.717) is 19.3 Å². The van der Waals surface area contributed by atoms with Crippen LogP contribution in [0, 0.1) is 0 Å². The van der Waals surface area contributed by atoms with Crippen LogP contribution in [0.4, 0.5) is 0 Å². The molecule has 0 aromatic rings. The van der Waals surface area contributed by atoms with E-state index in [2.05, 4.69) is 20.8 Å². The minimum absolute atomic E-state index is 0.0604. The van der Waals surface area contributed by atoms with E-state index in [9.17, 15) is 14.4 Å². The smallest absolute Gasteiger partial charge is 0.306 e. The minimum Gasteiger partial charge on any atom is -0.462 e. The maximum atomic E-state index is 12.9. The molecular weight excluding hydrogens is 961 g/mol. The van der Waals surface area contributed by atoms with Crippen LogP contribution in [0.5, 0.6) is 0 Å². The van der Waals surface area contributed by atoms with Crippen molar-refractivity contribution in [2.45, 2.75) is 431 Å². The zero-order chi connectivity index (χ0) is 56.4. The molecule has 0 bridgehead atoms. The van der Waals surface area contributed by atoms with Crippen molar-refractivity contribution >= 4 is 17.9 Å². The molecule has 0 saturated carbocycles. The molecule has 0 aromatic heterocycles. The highest BCUT2D eigenvalue weighted by Gasteiger charge is 2.20. The molecule has 6 nitrogen and oxygen atoms in total. The van der Waals surface area contributed by atoms with Gasteiger partial charge in [0.05, 0.1) is 0 Å². The van der Waals surface area contributed by atoms with Gasteiger partial charge in [-0.15, -0.1) is 0 Å². The SMILES string of the molecule is CCCCCCCCCCCCCCCCCCCCCCCCCCCCCCCCCC(=O)OCC(COC(=O)CCCCCCCCCCCCCC)OC(=O)CCCCCCCCCCCCCCCCCCC. The molecule has 0 aliphatic rings. The molecule has 6 heteroatoms. The molecule has 464 valence electrons. The van der Waals surface area contributed by atoms with Gasteiger partial charge in [0.15, 0.2) is 6.10 Å². The number of carbonyl (C=O) groups is 3. The Morgan fingerprint density at radius 2 is 0.346 bits per heavy atom. The minimum atomic E-state index is -0.763. The van der Waals surface area contributed by atoms with E-state index >= 15 is 0 Å². The van der Waals surface area contributed by atoms with Crippen molar-refractivity contribution < 1.29 is 28.6 Å². The molecule has 0 fully saturated rings. The average molecular weight is 1100 g/mol. The second-order valence-electron chi connectivity index (χ2n) is 24.9. The van der Waals surface area contributed by atoms with E-state index in [4.69, 9.17) is 14.2 Å². The summed E-state index contributed by atoms with van der Waals surface area (Å²) in [6.07, 6.45) is 80.1. The number of esters is 3. The van der Waals surface area contributed by atoms with Crippen LogP contribution in [-0.4, -0.2) is 37.2 Å².